The normalized spacial score (nSPS) is 20.5. The number of carbonyl (C=O) groups is 2. The van der Waals surface area contributed by atoms with Gasteiger partial charge in [0.05, 0.1) is 30.6 Å². The fourth-order valence-electron chi connectivity index (χ4n) is 5.50. The van der Waals surface area contributed by atoms with Gasteiger partial charge in [0, 0.05) is 5.39 Å². The average molecular weight is 523 g/mol. The minimum atomic E-state index is -0.951. The highest BCUT2D eigenvalue weighted by atomic mass is 16.7. The molecule has 2 amide bonds. The van der Waals surface area contributed by atoms with Crippen LogP contribution in [0.3, 0.4) is 0 Å². The molecule has 0 spiro atoms. The summed E-state index contributed by atoms with van der Waals surface area (Å²) in [5.41, 5.74) is 2.14. The number of amides is 2. The number of benzene rings is 4. The molecule has 0 radical (unpaired) electrons. The number of anilines is 2. The fraction of sp³-hybridized carbons (Fsp3) is 0.250. The van der Waals surface area contributed by atoms with E-state index in [1.165, 1.54) is 4.90 Å². The second-order valence-corrected chi connectivity index (χ2v) is 9.66. The molecule has 2 aliphatic rings. The van der Waals surface area contributed by atoms with E-state index in [4.69, 9.17) is 14.3 Å². The van der Waals surface area contributed by atoms with Crippen LogP contribution in [-0.2, 0) is 14.4 Å². The van der Waals surface area contributed by atoms with Gasteiger partial charge in [-0.15, -0.1) is 0 Å². The standard InChI is InChI=1S/C32H30N2O5/c1-3-19-38-26-18-17-22(20-27(26)37-4-2)29-28-30(39-34(29)23-13-6-5-7-14-23)32(36)33(31(28)35)25-16-10-12-21-11-8-9-15-24(21)25/h5-18,20,28-30H,3-4,19H2,1-2H3/t28-,29+,30+/m0/s1. The molecule has 7 heteroatoms. The minimum Gasteiger partial charge on any atom is -0.490 e. The highest BCUT2D eigenvalue weighted by Gasteiger charge is 2.60. The maximum atomic E-state index is 14.2. The van der Waals surface area contributed by atoms with Gasteiger partial charge in [0.25, 0.3) is 5.91 Å². The van der Waals surface area contributed by atoms with Gasteiger partial charge in [0.2, 0.25) is 5.91 Å². The lowest BCUT2D eigenvalue weighted by molar-refractivity contribution is -0.126. The summed E-state index contributed by atoms with van der Waals surface area (Å²) in [5, 5.41) is 3.50. The topological polar surface area (TPSA) is 68.3 Å². The highest BCUT2D eigenvalue weighted by Crippen LogP contribution is 2.49. The maximum absolute atomic E-state index is 14.2. The third kappa shape index (κ3) is 4.29. The summed E-state index contributed by atoms with van der Waals surface area (Å²) in [5.74, 6) is -0.140. The third-order valence-corrected chi connectivity index (χ3v) is 7.20. The fourth-order valence-corrected chi connectivity index (χ4v) is 5.50. The van der Waals surface area contributed by atoms with E-state index in [1.807, 2.05) is 105 Å². The van der Waals surface area contributed by atoms with Crippen LogP contribution in [0.1, 0.15) is 31.9 Å². The van der Waals surface area contributed by atoms with Crippen LogP contribution in [0, 0.1) is 5.92 Å². The first-order valence-electron chi connectivity index (χ1n) is 13.4. The van der Waals surface area contributed by atoms with Gasteiger partial charge in [-0.25, -0.2) is 9.96 Å². The van der Waals surface area contributed by atoms with Crippen LogP contribution >= 0.6 is 0 Å². The molecule has 6 rings (SSSR count). The van der Waals surface area contributed by atoms with Crippen molar-refractivity contribution in [3.8, 4) is 11.5 Å². The van der Waals surface area contributed by atoms with Gasteiger partial charge in [-0.3, -0.25) is 14.4 Å². The number of carbonyl (C=O) groups excluding carboxylic acids is 2. The molecule has 0 aliphatic carbocycles. The Bertz CT molecular complexity index is 1520. The second kappa shape index (κ2) is 10.4. The lowest BCUT2D eigenvalue weighted by Gasteiger charge is -2.29. The van der Waals surface area contributed by atoms with Crippen LogP contribution in [0.25, 0.3) is 10.8 Å². The molecular formula is C32H30N2O5. The molecule has 2 fully saturated rings. The molecule has 2 aliphatic heterocycles. The van der Waals surface area contributed by atoms with Crippen molar-refractivity contribution >= 4 is 34.0 Å². The van der Waals surface area contributed by atoms with Gasteiger partial charge in [0.15, 0.2) is 17.6 Å². The van der Waals surface area contributed by atoms with Gasteiger partial charge in [-0.2, -0.15) is 0 Å². The molecule has 4 aromatic carbocycles. The summed E-state index contributed by atoms with van der Waals surface area (Å²) in [6.45, 7) is 5.00. The number of ether oxygens (including phenoxy) is 2. The number of para-hydroxylation sites is 1. The summed E-state index contributed by atoms with van der Waals surface area (Å²) in [6.07, 6.45) is -0.0797. The lowest BCUT2D eigenvalue weighted by Crippen LogP contribution is -2.37. The van der Waals surface area contributed by atoms with Gasteiger partial charge < -0.3 is 9.47 Å². The molecule has 0 bridgehead atoms. The van der Waals surface area contributed by atoms with Gasteiger partial charge >= 0.3 is 0 Å². The van der Waals surface area contributed by atoms with Crippen molar-refractivity contribution in [3.63, 3.8) is 0 Å². The van der Waals surface area contributed by atoms with Gasteiger partial charge in [-0.1, -0.05) is 67.6 Å². The van der Waals surface area contributed by atoms with E-state index >= 15 is 0 Å². The van der Waals surface area contributed by atoms with Crippen molar-refractivity contribution in [2.75, 3.05) is 23.2 Å². The summed E-state index contributed by atoms with van der Waals surface area (Å²) in [4.78, 5) is 35.6. The van der Waals surface area contributed by atoms with Crippen LogP contribution in [0.15, 0.2) is 91.0 Å². The largest absolute Gasteiger partial charge is 0.490 e. The van der Waals surface area contributed by atoms with Crippen molar-refractivity contribution in [2.24, 2.45) is 5.92 Å². The van der Waals surface area contributed by atoms with Crippen LogP contribution in [-0.4, -0.2) is 31.1 Å². The van der Waals surface area contributed by atoms with E-state index in [9.17, 15) is 9.59 Å². The maximum Gasteiger partial charge on any atom is 0.266 e. The molecule has 39 heavy (non-hydrogen) atoms. The van der Waals surface area contributed by atoms with E-state index in [2.05, 4.69) is 0 Å². The summed E-state index contributed by atoms with van der Waals surface area (Å²) in [6, 6.07) is 28.1. The van der Waals surface area contributed by atoms with E-state index in [0.717, 1.165) is 28.4 Å². The van der Waals surface area contributed by atoms with E-state index in [-0.39, 0.29) is 11.8 Å². The second-order valence-electron chi connectivity index (χ2n) is 9.66. The quantitative estimate of drug-likeness (QED) is 0.261. The monoisotopic (exact) mass is 522 g/mol. The van der Waals surface area contributed by atoms with Crippen molar-refractivity contribution in [3.05, 3.63) is 96.6 Å². The zero-order valence-electron chi connectivity index (χ0n) is 21.9. The zero-order valence-corrected chi connectivity index (χ0v) is 21.9. The number of hydrogen-bond donors (Lipinski definition) is 0. The number of imide groups is 1. The van der Waals surface area contributed by atoms with Crippen molar-refractivity contribution in [1.29, 1.82) is 0 Å². The van der Waals surface area contributed by atoms with Crippen molar-refractivity contribution in [1.82, 2.24) is 0 Å². The Labute approximate surface area is 227 Å². The Balaban J connectivity index is 1.44. The Hall–Kier alpha value is -4.36. The predicted molar refractivity (Wildman–Crippen MR) is 150 cm³/mol. The minimum absolute atomic E-state index is 0.283. The molecule has 4 aromatic rings. The van der Waals surface area contributed by atoms with Crippen LogP contribution < -0.4 is 19.4 Å². The summed E-state index contributed by atoms with van der Waals surface area (Å²) in [7, 11) is 0. The van der Waals surface area contributed by atoms with Crippen LogP contribution in [0.5, 0.6) is 11.5 Å². The molecule has 0 saturated carbocycles. The van der Waals surface area contributed by atoms with Crippen LogP contribution in [0.2, 0.25) is 0 Å². The Kier molecular flexibility index (Phi) is 6.67. The average Bonchev–Trinajstić information content (AvgIpc) is 3.48. The molecule has 7 nitrogen and oxygen atoms in total. The molecule has 2 heterocycles. The molecule has 198 valence electrons. The smallest absolute Gasteiger partial charge is 0.266 e. The SMILES string of the molecule is CCCOc1ccc([C@@H]2[C@@H]3C(=O)N(c4cccc5ccccc45)C(=O)[C@@H]3ON2c2ccccc2)cc1OCC. The van der Waals surface area contributed by atoms with Gasteiger partial charge in [0.1, 0.15) is 5.92 Å². The first kappa shape index (κ1) is 24.9. The Morgan fingerprint density at radius 2 is 1.56 bits per heavy atom. The number of rotatable bonds is 8. The molecular weight excluding hydrogens is 492 g/mol. The first-order chi connectivity index (χ1) is 19.1. The number of hydroxylamine groups is 1. The van der Waals surface area contributed by atoms with Crippen molar-refractivity contribution in [2.45, 2.75) is 32.4 Å². The number of nitrogens with zero attached hydrogens (tertiary/aromatic N) is 2. The zero-order chi connectivity index (χ0) is 26.9. The van der Waals surface area contributed by atoms with E-state index in [1.54, 1.807) is 5.06 Å². The molecule has 0 N–H and O–H groups in total. The molecule has 3 atom stereocenters. The molecule has 0 aromatic heterocycles. The van der Waals surface area contributed by atoms with E-state index < -0.39 is 18.1 Å². The molecule has 2 saturated heterocycles. The van der Waals surface area contributed by atoms with Crippen molar-refractivity contribution < 1.29 is 23.9 Å². The van der Waals surface area contributed by atoms with Crippen LogP contribution in [0.4, 0.5) is 11.4 Å². The Morgan fingerprint density at radius 1 is 0.795 bits per heavy atom. The van der Waals surface area contributed by atoms with Gasteiger partial charge in [-0.05, 0) is 54.6 Å². The predicted octanol–water partition coefficient (Wildman–Crippen LogP) is 6.08. The first-order valence-corrected chi connectivity index (χ1v) is 13.4. The Morgan fingerprint density at radius 3 is 2.36 bits per heavy atom. The summed E-state index contributed by atoms with van der Waals surface area (Å²) < 4.78 is 11.8. The van der Waals surface area contributed by atoms with E-state index in [0.29, 0.717) is 30.4 Å². The molecule has 0 unspecified atom stereocenters. The number of hydrogen-bond acceptors (Lipinski definition) is 6. The number of fused-ring (bicyclic) bond motifs is 2. The summed E-state index contributed by atoms with van der Waals surface area (Å²) >= 11 is 0. The highest BCUT2D eigenvalue weighted by molar-refractivity contribution is 6.26. The third-order valence-electron chi connectivity index (χ3n) is 7.20. The lowest BCUT2D eigenvalue weighted by atomic mass is 9.90.